The summed E-state index contributed by atoms with van der Waals surface area (Å²) in [5.74, 6) is -1.68. The third-order valence-corrected chi connectivity index (χ3v) is 3.25. The van der Waals surface area contributed by atoms with Gasteiger partial charge in [0.15, 0.2) is 6.10 Å². The second kappa shape index (κ2) is 6.29. The van der Waals surface area contributed by atoms with Crippen LogP contribution in [0.1, 0.15) is 25.7 Å². The van der Waals surface area contributed by atoms with Crippen molar-refractivity contribution in [2.45, 2.75) is 49.5 Å². The lowest BCUT2D eigenvalue weighted by atomic mass is 10.0. The number of halogens is 3. The van der Waals surface area contributed by atoms with Crippen LogP contribution in [0.5, 0.6) is 0 Å². The van der Waals surface area contributed by atoms with Crippen LogP contribution in [0.4, 0.5) is 13.2 Å². The molecule has 1 aliphatic rings. The topological polar surface area (TPSA) is 122 Å². The van der Waals surface area contributed by atoms with Gasteiger partial charge in [0, 0.05) is 6.42 Å². The lowest BCUT2D eigenvalue weighted by molar-refractivity contribution is -0.212. The molecule has 0 aromatic carbocycles. The minimum atomic E-state index is -4.95. The standard InChI is InChI=1S/C11H16F3N3O4/c12-11(13,14)8(20)6(1-2-7(15)19)17-9(21)10(3-4-10)16-5-18/h5-6,8,20H,1-4H2,(H2,15,19)(H,16,18)(H,17,21). The largest absolute Gasteiger partial charge is 0.416 e. The highest BCUT2D eigenvalue weighted by Gasteiger charge is 2.52. The number of primary amides is 1. The van der Waals surface area contributed by atoms with Crippen molar-refractivity contribution < 1.29 is 32.7 Å². The van der Waals surface area contributed by atoms with E-state index in [1.807, 2.05) is 5.32 Å². The van der Waals surface area contributed by atoms with Crippen LogP contribution in [0.15, 0.2) is 0 Å². The molecule has 10 heteroatoms. The first-order valence-corrected chi connectivity index (χ1v) is 6.18. The fraction of sp³-hybridized carbons (Fsp3) is 0.727. The highest BCUT2D eigenvalue weighted by molar-refractivity contribution is 5.91. The smallest absolute Gasteiger partial charge is 0.382 e. The van der Waals surface area contributed by atoms with E-state index in [1.165, 1.54) is 0 Å². The number of nitrogens with two attached hydrogens (primary N) is 1. The molecule has 21 heavy (non-hydrogen) atoms. The summed E-state index contributed by atoms with van der Waals surface area (Å²) in [6, 6.07) is -1.71. The zero-order valence-corrected chi connectivity index (χ0v) is 10.9. The lowest BCUT2D eigenvalue weighted by Gasteiger charge is -2.27. The number of nitrogens with one attached hydrogen (secondary N) is 2. The van der Waals surface area contributed by atoms with Crippen molar-refractivity contribution in [3.05, 3.63) is 0 Å². The number of rotatable bonds is 8. The van der Waals surface area contributed by atoms with E-state index in [1.54, 1.807) is 0 Å². The molecule has 120 valence electrons. The Labute approximate surface area is 118 Å². The molecule has 0 radical (unpaired) electrons. The fourth-order valence-electron chi connectivity index (χ4n) is 1.82. The Bertz CT molecular complexity index is 423. The van der Waals surface area contributed by atoms with E-state index in [9.17, 15) is 32.7 Å². The maximum atomic E-state index is 12.5. The monoisotopic (exact) mass is 311 g/mol. The molecular weight excluding hydrogens is 295 g/mol. The maximum Gasteiger partial charge on any atom is 0.416 e. The summed E-state index contributed by atoms with van der Waals surface area (Å²) in [6.45, 7) is 0. The summed E-state index contributed by atoms with van der Waals surface area (Å²) in [6.07, 6.45) is -7.79. The van der Waals surface area contributed by atoms with Gasteiger partial charge in [-0.3, -0.25) is 14.4 Å². The quantitative estimate of drug-likeness (QED) is 0.427. The van der Waals surface area contributed by atoms with Gasteiger partial charge in [-0.25, -0.2) is 0 Å². The molecule has 1 aliphatic carbocycles. The molecule has 1 saturated carbocycles. The summed E-state index contributed by atoms with van der Waals surface area (Å²) in [5.41, 5.74) is 3.63. The van der Waals surface area contributed by atoms with Gasteiger partial charge >= 0.3 is 6.18 Å². The van der Waals surface area contributed by atoms with Crippen LogP contribution in [-0.2, 0) is 14.4 Å². The van der Waals surface area contributed by atoms with Crippen LogP contribution >= 0.6 is 0 Å². The van der Waals surface area contributed by atoms with Crippen molar-refractivity contribution in [1.29, 1.82) is 0 Å². The number of amides is 3. The van der Waals surface area contributed by atoms with Crippen molar-refractivity contribution in [2.75, 3.05) is 0 Å². The number of carbonyl (C=O) groups excluding carboxylic acids is 3. The molecule has 0 bridgehead atoms. The zero-order valence-electron chi connectivity index (χ0n) is 10.9. The Kier molecular flexibility index (Phi) is 5.15. The van der Waals surface area contributed by atoms with Gasteiger partial charge in [-0.15, -0.1) is 0 Å². The number of aliphatic hydroxyl groups excluding tert-OH is 1. The van der Waals surface area contributed by atoms with Crippen molar-refractivity contribution in [1.82, 2.24) is 10.6 Å². The molecule has 2 atom stereocenters. The zero-order chi connectivity index (χ0) is 16.3. The van der Waals surface area contributed by atoms with Gasteiger partial charge in [0.2, 0.25) is 18.2 Å². The number of aliphatic hydroxyl groups is 1. The maximum absolute atomic E-state index is 12.5. The van der Waals surface area contributed by atoms with Crippen LogP contribution in [0.3, 0.4) is 0 Å². The van der Waals surface area contributed by atoms with E-state index in [-0.39, 0.29) is 6.41 Å². The highest BCUT2D eigenvalue weighted by Crippen LogP contribution is 2.35. The highest BCUT2D eigenvalue weighted by atomic mass is 19.4. The SMILES string of the molecule is NC(=O)CCC(NC(=O)C1(NC=O)CC1)C(O)C(F)(F)F. The molecule has 2 unspecified atom stereocenters. The van der Waals surface area contributed by atoms with Crippen molar-refractivity contribution in [3.63, 3.8) is 0 Å². The van der Waals surface area contributed by atoms with Crippen LogP contribution in [0.25, 0.3) is 0 Å². The van der Waals surface area contributed by atoms with Crippen LogP contribution < -0.4 is 16.4 Å². The van der Waals surface area contributed by atoms with Gasteiger partial charge in [-0.1, -0.05) is 0 Å². The Morgan fingerprint density at radius 1 is 1.38 bits per heavy atom. The van der Waals surface area contributed by atoms with Gasteiger partial charge in [0.05, 0.1) is 6.04 Å². The molecule has 7 nitrogen and oxygen atoms in total. The molecule has 5 N–H and O–H groups in total. The average Bonchev–Trinajstić information content (AvgIpc) is 3.13. The molecule has 1 rings (SSSR count). The average molecular weight is 311 g/mol. The van der Waals surface area contributed by atoms with E-state index in [0.29, 0.717) is 12.8 Å². The van der Waals surface area contributed by atoms with Gasteiger partial charge in [-0.05, 0) is 19.3 Å². The predicted octanol–water partition coefficient (Wildman–Crippen LogP) is -1.06. The molecule has 1 fully saturated rings. The molecule has 0 aromatic rings. The molecule has 0 aliphatic heterocycles. The number of hydrogen-bond donors (Lipinski definition) is 4. The summed E-state index contributed by atoms with van der Waals surface area (Å²) in [4.78, 5) is 32.9. The van der Waals surface area contributed by atoms with Gasteiger partial charge in [0.1, 0.15) is 5.54 Å². The normalized spacial score (nSPS) is 19.2. The Morgan fingerprint density at radius 3 is 2.33 bits per heavy atom. The van der Waals surface area contributed by atoms with Crippen molar-refractivity contribution >= 4 is 18.2 Å². The second-order valence-corrected chi connectivity index (χ2v) is 4.92. The van der Waals surface area contributed by atoms with Crippen molar-refractivity contribution in [3.8, 4) is 0 Å². The molecular formula is C11H16F3N3O4. The molecule has 3 amide bonds. The Morgan fingerprint density at radius 2 is 1.95 bits per heavy atom. The Balaban J connectivity index is 2.75. The number of carbonyl (C=O) groups is 3. The minimum absolute atomic E-state index is 0.283. The molecule has 0 spiro atoms. The second-order valence-electron chi connectivity index (χ2n) is 4.92. The predicted molar refractivity (Wildman–Crippen MR) is 63.6 cm³/mol. The third kappa shape index (κ3) is 4.59. The third-order valence-electron chi connectivity index (χ3n) is 3.25. The van der Waals surface area contributed by atoms with Gasteiger partial charge in [0.25, 0.3) is 0 Å². The van der Waals surface area contributed by atoms with Crippen LogP contribution in [-0.4, -0.2) is 47.2 Å². The summed E-state index contributed by atoms with van der Waals surface area (Å²) in [5, 5.41) is 13.5. The lowest BCUT2D eigenvalue weighted by Crippen LogP contribution is -2.55. The minimum Gasteiger partial charge on any atom is -0.382 e. The van der Waals surface area contributed by atoms with Crippen LogP contribution in [0.2, 0.25) is 0 Å². The first-order valence-electron chi connectivity index (χ1n) is 6.18. The van der Waals surface area contributed by atoms with Crippen LogP contribution in [0, 0.1) is 0 Å². The van der Waals surface area contributed by atoms with Gasteiger partial charge < -0.3 is 21.5 Å². The molecule has 0 saturated heterocycles. The van der Waals surface area contributed by atoms with E-state index in [2.05, 4.69) is 5.32 Å². The first-order chi connectivity index (χ1) is 9.62. The van der Waals surface area contributed by atoms with E-state index in [0.717, 1.165) is 0 Å². The van der Waals surface area contributed by atoms with Crippen molar-refractivity contribution in [2.24, 2.45) is 5.73 Å². The first kappa shape index (κ1) is 17.2. The van der Waals surface area contributed by atoms with E-state index >= 15 is 0 Å². The summed E-state index contributed by atoms with van der Waals surface area (Å²) >= 11 is 0. The Hall–Kier alpha value is -1.84. The summed E-state index contributed by atoms with van der Waals surface area (Å²) < 4.78 is 37.6. The molecule has 0 heterocycles. The number of alkyl halides is 3. The van der Waals surface area contributed by atoms with Gasteiger partial charge in [-0.2, -0.15) is 13.2 Å². The number of hydrogen-bond acceptors (Lipinski definition) is 4. The molecule has 0 aromatic heterocycles. The van der Waals surface area contributed by atoms with E-state index < -0.39 is 48.5 Å². The summed E-state index contributed by atoms with van der Waals surface area (Å²) in [7, 11) is 0. The fourth-order valence-corrected chi connectivity index (χ4v) is 1.82. The van der Waals surface area contributed by atoms with E-state index in [4.69, 9.17) is 5.73 Å².